The van der Waals surface area contributed by atoms with E-state index >= 15 is 0 Å². The molecule has 0 bridgehead atoms. The molecule has 0 spiro atoms. The zero-order chi connectivity index (χ0) is 18.0. The highest BCUT2D eigenvalue weighted by Crippen LogP contribution is 2.22. The van der Waals surface area contributed by atoms with Crippen LogP contribution in [0, 0.1) is 12.8 Å². The summed E-state index contributed by atoms with van der Waals surface area (Å²) in [6.45, 7) is 4.80. The van der Waals surface area contributed by atoms with Gasteiger partial charge >= 0.3 is 5.69 Å². The van der Waals surface area contributed by atoms with E-state index in [-0.39, 0.29) is 11.2 Å². The number of hydrogen-bond acceptors (Lipinski definition) is 3. The highest BCUT2D eigenvalue weighted by molar-refractivity contribution is 5.21. The summed E-state index contributed by atoms with van der Waals surface area (Å²) in [7, 11) is 3.26. The molecule has 0 aliphatic carbocycles. The van der Waals surface area contributed by atoms with Crippen molar-refractivity contribution in [2.75, 3.05) is 13.1 Å². The fraction of sp³-hybridized carbons (Fsp3) is 0.500. The van der Waals surface area contributed by atoms with E-state index in [0.29, 0.717) is 12.5 Å². The number of hydrogen-bond donors (Lipinski definition) is 0. The fourth-order valence-electron chi connectivity index (χ4n) is 3.68. The molecule has 0 amide bonds. The number of likely N-dealkylation sites (tertiary alicyclic amines) is 1. The van der Waals surface area contributed by atoms with Crippen molar-refractivity contribution in [3.05, 3.63) is 68.0 Å². The summed E-state index contributed by atoms with van der Waals surface area (Å²) in [5, 5.41) is 0. The van der Waals surface area contributed by atoms with E-state index in [0.717, 1.165) is 36.2 Å². The summed E-state index contributed by atoms with van der Waals surface area (Å²) in [4.78, 5) is 26.4. The van der Waals surface area contributed by atoms with Gasteiger partial charge in [-0.1, -0.05) is 29.8 Å². The molecule has 2 heterocycles. The zero-order valence-corrected chi connectivity index (χ0v) is 15.4. The van der Waals surface area contributed by atoms with Crippen LogP contribution in [0.4, 0.5) is 0 Å². The van der Waals surface area contributed by atoms with E-state index in [4.69, 9.17) is 0 Å². The predicted molar refractivity (Wildman–Crippen MR) is 99.8 cm³/mol. The highest BCUT2D eigenvalue weighted by Gasteiger charge is 2.21. The van der Waals surface area contributed by atoms with Gasteiger partial charge in [0.05, 0.1) is 0 Å². The molecule has 1 aromatic heterocycles. The van der Waals surface area contributed by atoms with Crippen molar-refractivity contribution in [1.82, 2.24) is 14.0 Å². The van der Waals surface area contributed by atoms with Crippen molar-refractivity contribution in [1.29, 1.82) is 0 Å². The summed E-state index contributed by atoms with van der Waals surface area (Å²) in [5.41, 5.74) is 2.99. The summed E-state index contributed by atoms with van der Waals surface area (Å²) in [5.74, 6) is 0.625. The molecule has 1 fully saturated rings. The SMILES string of the molecule is Cc1ccc(CC2CCCN(Cc3cc(=O)n(C)c(=O)n3C)C2)cc1. The monoisotopic (exact) mass is 341 g/mol. The normalized spacial score (nSPS) is 18.4. The van der Waals surface area contributed by atoms with Gasteiger partial charge in [-0.05, 0) is 44.2 Å². The molecule has 5 heteroatoms. The molecule has 1 aromatic carbocycles. The van der Waals surface area contributed by atoms with E-state index in [2.05, 4.69) is 36.1 Å². The summed E-state index contributed by atoms with van der Waals surface area (Å²) < 4.78 is 2.74. The van der Waals surface area contributed by atoms with Gasteiger partial charge in [-0.2, -0.15) is 0 Å². The maximum atomic E-state index is 12.1. The van der Waals surface area contributed by atoms with E-state index < -0.39 is 0 Å². The third-order valence-corrected chi connectivity index (χ3v) is 5.26. The lowest BCUT2D eigenvalue weighted by atomic mass is 9.91. The van der Waals surface area contributed by atoms with Crippen LogP contribution in [0.15, 0.2) is 39.9 Å². The van der Waals surface area contributed by atoms with E-state index in [9.17, 15) is 9.59 Å². The van der Waals surface area contributed by atoms with Crippen molar-refractivity contribution >= 4 is 0 Å². The number of aryl methyl sites for hydroxylation is 1. The van der Waals surface area contributed by atoms with Crippen LogP contribution in [0.5, 0.6) is 0 Å². The van der Waals surface area contributed by atoms with Crippen molar-refractivity contribution in [3.63, 3.8) is 0 Å². The Morgan fingerprint density at radius 3 is 2.52 bits per heavy atom. The zero-order valence-electron chi connectivity index (χ0n) is 15.4. The Kier molecular flexibility index (Phi) is 5.23. The molecule has 1 aliphatic heterocycles. The van der Waals surface area contributed by atoms with Gasteiger partial charge in [-0.25, -0.2) is 4.79 Å². The lowest BCUT2D eigenvalue weighted by molar-refractivity contribution is 0.163. The Morgan fingerprint density at radius 1 is 1.08 bits per heavy atom. The first-order chi connectivity index (χ1) is 11.9. The van der Waals surface area contributed by atoms with Gasteiger partial charge in [-0.15, -0.1) is 0 Å². The molecule has 134 valence electrons. The van der Waals surface area contributed by atoms with Crippen molar-refractivity contribution in [2.45, 2.75) is 32.7 Å². The van der Waals surface area contributed by atoms with Crippen LogP contribution < -0.4 is 11.2 Å². The van der Waals surface area contributed by atoms with Gasteiger partial charge in [0.2, 0.25) is 0 Å². The molecule has 3 rings (SSSR count). The lowest BCUT2D eigenvalue weighted by Crippen LogP contribution is -2.41. The average molecular weight is 341 g/mol. The Morgan fingerprint density at radius 2 is 1.80 bits per heavy atom. The molecule has 25 heavy (non-hydrogen) atoms. The van der Waals surface area contributed by atoms with Crippen LogP contribution in [0.3, 0.4) is 0 Å². The fourth-order valence-corrected chi connectivity index (χ4v) is 3.68. The van der Waals surface area contributed by atoms with Crippen LogP contribution in [0.25, 0.3) is 0 Å². The minimum Gasteiger partial charge on any atom is -0.299 e. The minimum atomic E-state index is -0.254. The maximum absolute atomic E-state index is 12.1. The van der Waals surface area contributed by atoms with Crippen molar-refractivity contribution in [2.24, 2.45) is 20.0 Å². The van der Waals surface area contributed by atoms with Gasteiger partial charge in [0.1, 0.15) is 0 Å². The molecule has 1 unspecified atom stereocenters. The lowest BCUT2D eigenvalue weighted by Gasteiger charge is -2.33. The van der Waals surface area contributed by atoms with Crippen molar-refractivity contribution < 1.29 is 0 Å². The smallest absolute Gasteiger partial charge is 0.299 e. The molecular weight excluding hydrogens is 314 g/mol. The third-order valence-electron chi connectivity index (χ3n) is 5.26. The first-order valence-corrected chi connectivity index (χ1v) is 8.98. The Labute approximate surface area is 148 Å². The topological polar surface area (TPSA) is 47.2 Å². The second-order valence-electron chi connectivity index (χ2n) is 7.31. The standard InChI is InChI=1S/C20H27N3O2/c1-15-6-8-16(9-7-15)11-17-5-4-10-23(13-17)14-18-12-19(24)22(3)20(25)21(18)2/h6-9,12,17H,4-5,10-11,13-14H2,1-3H3. The average Bonchev–Trinajstić information content (AvgIpc) is 2.60. The second-order valence-corrected chi connectivity index (χ2v) is 7.31. The minimum absolute atomic E-state index is 0.230. The van der Waals surface area contributed by atoms with Gasteiger partial charge in [-0.3, -0.25) is 18.8 Å². The summed E-state index contributed by atoms with van der Waals surface area (Å²) in [6.07, 6.45) is 3.49. The molecule has 1 atom stereocenters. The van der Waals surface area contributed by atoms with Crippen LogP contribution in [-0.2, 0) is 27.1 Å². The molecule has 0 radical (unpaired) electrons. The van der Waals surface area contributed by atoms with Crippen molar-refractivity contribution in [3.8, 4) is 0 Å². The molecule has 0 saturated carbocycles. The molecule has 1 aliphatic rings. The van der Waals surface area contributed by atoms with Crippen LogP contribution >= 0.6 is 0 Å². The quantitative estimate of drug-likeness (QED) is 0.853. The Balaban J connectivity index is 1.69. The molecule has 5 nitrogen and oxygen atoms in total. The van der Waals surface area contributed by atoms with Gasteiger partial charge in [0.25, 0.3) is 5.56 Å². The van der Waals surface area contributed by atoms with Gasteiger partial charge in [0, 0.05) is 38.9 Å². The molecule has 1 saturated heterocycles. The van der Waals surface area contributed by atoms with E-state index in [1.54, 1.807) is 17.7 Å². The Hall–Kier alpha value is -2.14. The number of nitrogens with zero attached hydrogens (tertiary/aromatic N) is 3. The summed E-state index contributed by atoms with van der Waals surface area (Å²) >= 11 is 0. The summed E-state index contributed by atoms with van der Waals surface area (Å²) in [6, 6.07) is 10.4. The first-order valence-electron chi connectivity index (χ1n) is 8.98. The number of rotatable bonds is 4. The van der Waals surface area contributed by atoms with E-state index in [1.807, 2.05) is 0 Å². The molecule has 2 aromatic rings. The number of benzene rings is 1. The highest BCUT2D eigenvalue weighted by atomic mass is 16.2. The van der Waals surface area contributed by atoms with Crippen LogP contribution in [0.1, 0.15) is 29.7 Å². The van der Waals surface area contributed by atoms with Gasteiger partial charge in [0.15, 0.2) is 0 Å². The van der Waals surface area contributed by atoms with E-state index in [1.165, 1.54) is 24.6 Å². The van der Waals surface area contributed by atoms with Gasteiger partial charge < -0.3 is 0 Å². The molecule has 0 N–H and O–H groups in total. The predicted octanol–water partition coefficient (Wildman–Crippen LogP) is 1.85. The molecular formula is C20H27N3O2. The number of aromatic nitrogens is 2. The largest absolute Gasteiger partial charge is 0.330 e. The number of piperidine rings is 1. The Bertz CT molecular complexity index is 849. The maximum Gasteiger partial charge on any atom is 0.330 e. The second kappa shape index (κ2) is 7.40. The first kappa shape index (κ1) is 17.7. The third kappa shape index (κ3) is 4.10. The van der Waals surface area contributed by atoms with Crippen LogP contribution in [0.2, 0.25) is 0 Å². The van der Waals surface area contributed by atoms with Crippen LogP contribution in [-0.4, -0.2) is 27.1 Å².